The highest BCUT2D eigenvalue weighted by molar-refractivity contribution is 5.54. The summed E-state index contributed by atoms with van der Waals surface area (Å²) in [6.07, 6.45) is -2.63. The van der Waals surface area contributed by atoms with Crippen LogP contribution in [0, 0.1) is 17.2 Å². The highest BCUT2D eigenvalue weighted by atomic mass is 19.4. The Morgan fingerprint density at radius 1 is 1.47 bits per heavy atom. The Kier molecular flexibility index (Phi) is 2.92. The molecule has 0 saturated carbocycles. The summed E-state index contributed by atoms with van der Waals surface area (Å²) in [5.41, 5.74) is 0.315. The SMILES string of the molecule is N#Cc1cccnc1N1CCC(C(F)(F)F)C1. The number of anilines is 1. The predicted octanol–water partition coefficient (Wildman–Crippen LogP) is 2.34. The molecule has 0 amide bonds. The Balaban J connectivity index is 2.19. The lowest BCUT2D eigenvalue weighted by Crippen LogP contribution is -2.28. The average Bonchev–Trinajstić information content (AvgIpc) is 2.77. The van der Waals surface area contributed by atoms with Crippen molar-refractivity contribution in [2.75, 3.05) is 18.0 Å². The number of halogens is 3. The van der Waals surface area contributed by atoms with Gasteiger partial charge in [0.1, 0.15) is 11.9 Å². The molecule has 1 saturated heterocycles. The van der Waals surface area contributed by atoms with E-state index < -0.39 is 12.1 Å². The van der Waals surface area contributed by atoms with Gasteiger partial charge in [-0.1, -0.05) is 0 Å². The third-order valence-corrected chi connectivity index (χ3v) is 2.86. The molecule has 2 rings (SSSR count). The fourth-order valence-electron chi connectivity index (χ4n) is 1.96. The molecule has 1 aromatic heterocycles. The first kappa shape index (κ1) is 11.7. The van der Waals surface area contributed by atoms with Crippen LogP contribution in [0.1, 0.15) is 12.0 Å². The quantitative estimate of drug-likeness (QED) is 0.757. The van der Waals surface area contributed by atoms with Crippen molar-refractivity contribution in [3.63, 3.8) is 0 Å². The van der Waals surface area contributed by atoms with Gasteiger partial charge in [0.25, 0.3) is 0 Å². The Hall–Kier alpha value is -1.77. The number of aromatic nitrogens is 1. The largest absolute Gasteiger partial charge is 0.393 e. The minimum Gasteiger partial charge on any atom is -0.355 e. The van der Waals surface area contributed by atoms with Crippen LogP contribution in [-0.4, -0.2) is 24.2 Å². The molecule has 1 aliphatic heterocycles. The van der Waals surface area contributed by atoms with Crippen molar-refractivity contribution < 1.29 is 13.2 Å². The number of pyridine rings is 1. The Morgan fingerprint density at radius 3 is 2.82 bits per heavy atom. The zero-order chi connectivity index (χ0) is 12.5. The maximum atomic E-state index is 12.5. The third kappa shape index (κ3) is 2.33. The minimum atomic E-state index is -4.17. The predicted molar refractivity (Wildman–Crippen MR) is 55.3 cm³/mol. The molecule has 1 fully saturated rings. The normalized spacial score (nSPS) is 20.4. The Bertz CT molecular complexity index is 450. The number of hydrogen-bond donors (Lipinski definition) is 0. The van der Waals surface area contributed by atoms with Crippen molar-refractivity contribution in [2.45, 2.75) is 12.6 Å². The summed E-state index contributed by atoms with van der Waals surface area (Å²) in [5.74, 6) is -0.974. The van der Waals surface area contributed by atoms with Crippen LogP contribution in [0.15, 0.2) is 18.3 Å². The second-order valence-electron chi connectivity index (χ2n) is 3.96. The molecule has 2 heterocycles. The van der Waals surface area contributed by atoms with Crippen molar-refractivity contribution >= 4 is 5.82 Å². The molecule has 0 radical (unpaired) electrons. The van der Waals surface area contributed by atoms with Gasteiger partial charge >= 0.3 is 6.18 Å². The van der Waals surface area contributed by atoms with E-state index in [1.165, 1.54) is 11.1 Å². The number of alkyl halides is 3. The summed E-state index contributed by atoms with van der Waals surface area (Å²) in [7, 11) is 0. The molecule has 0 N–H and O–H groups in total. The molecule has 0 aliphatic carbocycles. The van der Waals surface area contributed by atoms with Gasteiger partial charge in [-0.05, 0) is 18.6 Å². The zero-order valence-electron chi connectivity index (χ0n) is 8.91. The molecule has 1 atom stereocenters. The molecular formula is C11H10F3N3. The minimum absolute atomic E-state index is 0.0605. The Labute approximate surface area is 96.5 Å². The van der Waals surface area contributed by atoms with Crippen LogP contribution in [0.5, 0.6) is 0 Å². The van der Waals surface area contributed by atoms with Crippen LogP contribution in [0.4, 0.5) is 19.0 Å². The van der Waals surface area contributed by atoms with E-state index in [1.54, 1.807) is 12.1 Å². The average molecular weight is 241 g/mol. The van der Waals surface area contributed by atoms with Gasteiger partial charge in [0.2, 0.25) is 0 Å². The van der Waals surface area contributed by atoms with Gasteiger partial charge in [-0.3, -0.25) is 0 Å². The molecule has 90 valence electrons. The van der Waals surface area contributed by atoms with Crippen LogP contribution in [-0.2, 0) is 0 Å². The van der Waals surface area contributed by atoms with Gasteiger partial charge in [0, 0.05) is 19.3 Å². The van der Waals surface area contributed by atoms with Gasteiger partial charge < -0.3 is 4.90 Å². The van der Waals surface area contributed by atoms with E-state index in [1.807, 2.05) is 6.07 Å². The second-order valence-corrected chi connectivity index (χ2v) is 3.96. The molecule has 6 heteroatoms. The first-order valence-electron chi connectivity index (χ1n) is 5.19. The number of hydrogen-bond acceptors (Lipinski definition) is 3. The first-order chi connectivity index (χ1) is 8.02. The van der Waals surface area contributed by atoms with Gasteiger partial charge in [-0.2, -0.15) is 18.4 Å². The van der Waals surface area contributed by atoms with Crippen LogP contribution >= 0.6 is 0 Å². The lowest BCUT2D eigenvalue weighted by Gasteiger charge is -2.19. The molecule has 1 aliphatic rings. The van der Waals surface area contributed by atoms with E-state index in [0.717, 1.165) is 0 Å². The van der Waals surface area contributed by atoms with Crippen molar-refractivity contribution in [2.24, 2.45) is 5.92 Å². The van der Waals surface area contributed by atoms with Crippen molar-refractivity contribution in [1.82, 2.24) is 4.98 Å². The summed E-state index contributed by atoms with van der Waals surface area (Å²) in [4.78, 5) is 5.51. The van der Waals surface area contributed by atoms with Crippen molar-refractivity contribution in [1.29, 1.82) is 5.26 Å². The topological polar surface area (TPSA) is 39.9 Å². The van der Waals surface area contributed by atoms with Gasteiger partial charge in [0.05, 0.1) is 11.5 Å². The molecule has 1 aromatic rings. The summed E-state index contributed by atoms with van der Waals surface area (Å²) in [5, 5.41) is 8.87. The second kappa shape index (κ2) is 4.24. The maximum absolute atomic E-state index is 12.5. The summed E-state index contributed by atoms with van der Waals surface area (Å²) < 4.78 is 37.6. The monoisotopic (exact) mass is 241 g/mol. The highest BCUT2D eigenvalue weighted by Crippen LogP contribution is 2.35. The summed E-state index contributed by atoms with van der Waals surface area (Å²) in [6, 6.07) is 5.10. The third-order valence-electron chi connectivity index (χ3n) is 2.86. The fraction of sp³-hybridized carbons (Fsp3) is 0.455. The number of rotatable bonds is 1. The maximum Gasteiger partial charge on any atom is 0.393 e. The van der Waals surface area contributed by atoms with Crippen LogP contribution < -0.4 is 4.90 Å². The summed E-state index contributed by atoms with van der Waals surface area (Å²) in [6.45, 7) is 0.172. The summed E-state index contributed by atoms with van der Waals surface area (Å²) >= 11 is 0. The zero-order valence-corrected chi connectivity index (χ0v) is 8.91. The van der Waals surface area contributed by atoms with Crippen LogP contribution in [0.2, 0.25) is 0 Å². The molecule has 1 unspecified atom stereocenters. The van der Waals surface area contributed by atoms with E-state index in [2.05, 4.69) is 4.98 Å². The highest BCUT2D eigenvalue weighted by Gasteiger charge is 2.44. The van der Waals surface area contributed by atoms with Gasteiger partial charge in [-0.15, -0.1) is 0 Å². The molecule has 0 aromatic carbocycles. The molecule has 3 nitrogen and oxygen atoms in total. The van der Waals surface area contributed by atoms with E-state index in [-0.39, 0.29) is 19.5 Å². The van der Waals surface area contributed by atoms with E-state index in [4.69, 9.17) is 5.26 Å². The van der Waals surface area contributed by atoms with E-state index in [9.17, 15) is 13.2 Å². The Morgan fingerprint density at radius 2 is 2.24 bits per heavy atom. The lowest BCUT2D eigenvalue weighted by molar-refractivity contribution is -0.168. The van der Waals surface area contributed by atoms with Crippen LogP contribution in [0.25, 0.3) is 0 Å². The molecule has 17 heavy (non-hydrogen) atoms. The van der Waals surface area contributed by atoms with E-state index in [0.29, 0.717) is 11.4 Å². The van der Waals surface area contributed by atoms with Gasteiger partial charge in [0.15, 0.2) is 0 Å². The smallest absolute Gasteiger partial charge is 0.355 e. The lowest BCUT2D eigenvalue weighted by atomic mass is 10.1. The first-order valence-corrected chi connectivity index (χ1v) is 5.19. The van der Waals surface area contributed by atoms with Crippen molar-refractivity contribution in [3.8, 4) is 6.07 Å². The number of nitriles is 1. The molecule has 0 spiro atoms. The molecular weight excluding hydrogens is 231 g/mol. The van der Waals surface area contributed by atoms with Crippen molar-refractivity contribution in [3.05, 3.63) is 23.9 Å². The molecule has 0 bridgehead atoms. The van der Waals surface area contributed by atoms with E-state index >= 15 is 0 Å². The standard InChI is InChI=1S/C11H10F3N3/c12-11(13,14)9-3-5-17(7-9)10-8(6-15)2-1-4-16-10/h1-2,4,9H,3,5,7H2. The van der Waals surface area contributed by atoms with Gasteiger partial charge in [-0.25, -0.2) is 4.98 Å². The number of nitrogens with zero attached hydrogens (tertiary/aromatic N) is 3. The van der Waals surface area contributed by atoms with Crippen LogP contribution in [0.3, 0.4) is 0 Å². The fourth-order valence-corrected chi connectivity index (χ4v) is 1.96.